The maximum atomic E-state index is 6.28. The van der Waals surface area contributed by atoms with E-state index in [1.165, 1.54) is 17.7 Å². The van der Waals surface area contributed by atoms with Gasteiger partial charge in [0.15, 0.2) is 0 Å². The Hall–Kier alpha value is -0.670. The highest BCUT2D eigenvalue weighted by Gasteiger charge is 2.33. The number of ether oxygens (including phenoxy) is 1. The third kappa shape index (κ3) is 3.21. The van der Waals surface area contributed by atoms with E-state index in [2.05, 4.69) is 26.0 Å². The molecule has 18 heavy (non-hydrogen) atoms. The first kappa shape index (κ1) is 13.8. The maximum absolute atomic E-state index is 6.28. The van der Waals surface area contributed by atoms with Crippen LogP contribution in [0.1, 0.15) is 33.1 Å². The van der Waals surface area contributed by atoms with E-state index >= 15 is 0 Å². The second kappa shape index (κ2) is 5.54. The second-order valence-electron chi connectivity index (χ2n) is 5.88. The van der Waals surface area contributed by atoms with Gasteiger partial charge in [-0.25, -0.2) is 0 Å². The van der Waals surface area contributed by atoms with Crippen LogP contribution in [0.5, 0.6) is 5.75 Å². The van der Waals surface area contributed by atoms with Gasteiger partial charge in [0.05, 0.1) is 7.11 Å². The number of thioether (sulfide) groups is 1. The lowest BCUT2D eigenvalue weighted by Crippen LogP contribution is -2.41. The van der Waals surface area contributed by atoms with Crippen molar-refractivity contribution >= 4 is 11.8 Å². The van der Waals surface area contributed by atoms with Crippen LogP contribution in [0.2, 0.25) is 0 Å². The molecule has 1 aliphatic carbocycles. The summed E-state index contributed by atoms with van der Waals surface area (Å²) in [7, 11) is 1.73. The van der Waals surface area contributed by atoms with Crippen molar-refractivity contribution in [3.05, 3.63) is 24.3 Å². The van der Waals surface area contributed by atoms with Crippen molar-refractivity contribution in [3.8, 4) is 5.75 Å². The molecule has 100 valence electrons. The highest BCUT2D eigenvalue weighted by molar-refractivity contribution is 8.00. The van der Waals surface area contributed by atoms with Crippen LogP contribution in [-0.4, -0.2) is 18.4 Å². The molecule has 2 nitrogen and oxygen atoms in total. The molecule has 0 radical (unpaired) electrons. The van der Waals surface area contributed by atoms with Gasteiger partial charge >= 0.3 is 0 Å². The second-order valence-corrected chi connectivity index (χ2v) is 7.16. The maximum Gasteiger partial charge on any atom is 0.132 e. The fourth-order valence-electron chi connectivity index (χ4n) is 2.55. The molecule has 0 spiro atoms. The Morgan fingerprint density at radius 3 is 2.78 bits per heavy atom. The minimum absolute atomic E-state index is 0.299. The van der Waals surface area contributed by atoms with Gasteiger partial charge in [-0.05, 0) is 36.8 Å². The fourth-order valence-corrected chi connectivity index (χ4v) is 4.15. The molecule has 1 fully saturated rings. The standard InChI is InChI=1S/C15H23NOS/c1-15(2)9-8-11(16)14(10-15)18-13-7-5-4-6-12(13)17-3/h4-7,11,14H,8-10,16H2,1-3H3. The lowest BCUT2D eigenvalue weighted by atomic mass is 9.75. The number of nitrogens with two attached hydrogens (primary N) is 1. The smallest absolute Gasteiger partial charge is 0.132 e. The zero-order chi connectivity index (χ0) is 13.2. The third-order valence-corrected chi connectivity index (χ3v) is 5.14. The molecule has 2 rings (SSSR count). The van der Waals surface area contributed by atoms with E-state index in [0.717, 1.165) is 12.2 Å². The van der Waals surface area contributed by atoms with Gasteiger partial charge in [-0.15, -0.1) is 11.8 Å². The normalized spacial score (nSPS) is 26.9. The molecule has 0 aliphatic heterocycles. The van der Waals surface area contributed by atoms with Crippen LogP contribution in [0.15, 0.2) is 29.2 Å². The van der Waals surface area contributed by atoms with Crippen LogP contribution in [-0.2, 0) is 0 Å². The molecule has 0 bridgehead atoms. The van der Waals surface area contributed by atoms with Gasteiger partial charge in [-0.3, -0.25) is 0 Å². The number of methoxy groups -OCH3 is 1. The summed E-state index contributed by atoms with van der Waals surface area (Å²) >= 11 is 1.88. The Labute approximate surface area is 114 Å². The molecule has 2 N–H and O–H groups in total. The van der Waals surface area contributed by atoms with Crippen LogP contribution in [0.25, 0.3) is 0 Å². The monoisotopic (exact) mass is 265 g/mol. The lowest BCUT2D eigenvalue weighted by molar-refractivity contribution is 0.232. The lowest BCUT2D eigenvalue weighted by Gasteiger charge is -2.39. The van der Waals surface area contributed by atoms with Crippen molar-refractivity contribution in [2.45, 2.75) is 49.3 Å². The van der Waals surface area contributed by atoms with E-state index in [4.69, 9.17) is 10.5 Å². The molecular formula is C15H23NOS. The number of hydrogen-bond donors (Lipinski definition) is 1. The molecule has 1 aromatic rings. The highest BCUT2D eigenvalue weighted by Crippen LogP contribution is 2.43. The van der Waals surface area contributed by atoms with Gasteiger partial charge in [0, 0.05) is 16.2 Å². The number of benzene rings is 1. The zero-order valence-corrected chi connectivity index (χ0v) is 12.3. The first-order valence-electron chi connectivity index (χ1n) is 6.57. The summed E-state index contributed by atoms with van der Waals surface area (Å²) in [5.41, 5.74) is 6.69. The molecule has 0 heterocycles. The van der Waals surface area contributed by atoms with Gasteiger partial charge < -0.3 is 10.5 Å². The van der Waals surface area contributed by atoms with Crippen LogP contribution in [0, 0.1) is 5.41 Å². The molecule has 1 saturated carbocycles. The molecule has 1 aromatic carbocycles. The van der Waals surface area contributed by atoms with E-state index in [1.54, 1.807) is 7.11 Å². The van der Waals surface area contributed by atoms with E-state index in [-0.39, 0.29) is 0 Å². The van der Waals surface area contributed by atoms with Crippen LogP contribution >= 0.6 is 11.8 Å². The molecule has 1 aliphatic rings. The summed E-state index contributed by atoms with van der Waals surface area (Å²) < 4.78 is 5.41. The Bertz CT molecular complexity index is 405. The van der Waals surface area contributed by atoms with Crippen molar-refractivity contribution in [1.82, 2.24) is 0 Å². The summed E-state index contributed by atoms with van der Waals surface area (Å²) in [5.74, 6) is 0.957. The Kier molecular flexibility index (Phi) is 4.23. The molecule has 0 amide bonds. The summed E-state index contributed by atoms with van der Waals surface area (Å²) in [5, 5.41) is 0.491. The van der Waals surface area contributed by atoms with Gasteiger partial charge in [-0.2, -0.15) is 0 Å². The Morgan fingerprint density at radius 1 is 1.33 bits per heavy atom. The zero-order valence-electron chi connectivity index (χ0n) is 11.5. The van der Waals surface area contributed by atoms with Crippen molar-refractivity contribution in [2.75, 3.05) is 7.11 Å². The summed E-state index contributed by atoms with van der Waals surface area (Å²) in [6.07, 6.45) is 3.54. The largest absolute Gasteiger partial charge is 0.496 e. The first-order chi connectivity index (χ1) is 8.52. The minimum atomic E-state index is 0.299. The predicted octanol–water partition coefficient (Wildman–Crippen LogP) is 3.69. The minimum Gasteiger partial charge on any atom is -0.496 e. The van der Waals surface area contributed by atoms with Crippen LogP contribution < -0.4 is 10.5 Å². The SMILES string of the molecule is COc1ccccc1SC1CC(C)(C)CCC1N. The summed E-state index contributed by atoms with van der Waals surface area (Å²) in [4.78, 5) is 1.21. The van der Waals surface area contributed by atoms with Crippen molar-refractivity contribution in [2.24, 2.45) is 11.1 Å². The average molecular weight is 265 g/mol. The number of rotatable bonds is 3. The van der Waals surface area contributed by atoms with Gasteiger partial charge in [0.25, 0.3) is 0 Å². The first-order valence-corrected chi connectivity index (χ1v) is 7.45. The van der Waals surface area contributed by atoms with Crippen LogP contribution in [0.4, 0.5) is 0 Å². The van der Waals surface area contributed by atoms with Crippen molar-refractivity contribution in [1.29, 1.82) is 0 Å². The van der Waals surface area contributed by atoms with E-state index in [1.807, 2.05) is 23.9 Å². The molecule has 2 atom stereocenters. The molecule has 2 unspecified atom stereocenters. The summed E-state index contributed by atoms with van der Waals surface area (Å²) in [6, 6.07) is 8.50. The van der Waals surface area contributed by atoms with E-state index in [0.29, 0.717) is 16.7 Å². The van der Waals surface area contributed by atoms with Crippen LogP contribution in [0.3, 0.4) is 0 Å². The number of para-hydroxylation sites is 1. The summed E-state index contributed by atoms with van der Waals surface area (Å²) in [6.45, 7) is 4.68. The number of hydrogen-bond acceptors (Lipinski definition) is 3. The molecular weight excluding hydrogens is 242 g/mol. The quantitative estimate of drug-likeness (QED) is 0.905. The Balaban J connectivity index is 2.12. The highest BCUT2D eigenvalue weighted by atomic mass is 32.2. The van der Waals surface area contributed by atoms with Crippen molar-refractivity contribution < 1.29 is 4.74 Å². The van der Waals surface area contributed by atoms with Gasteiger partial charge in [0.2, 0.25) is 0 Å². The molecule has 0 aromatic heterocycles. The fraction of sp³-hybridized carbons (Fsp3) is 0.600. The van der Waals surface area contributed by atoms with Gasteiger partial charge in [0.1, 0.15) is 5.75 Å². The topological polar surface area (TPSA) is 35.2 Å². The van der Waals surface area contributed by atoms with Crippen molar-refractivity contribution in [3.63, 3.8) is 0 Å². The van der Waals surface area contributed by atoms with E-state index < -0.39 is 0 Å². The van der Waals surface area contributed by atoms with E-state index in [9.17, 15) is 0 Å². The third-order valence-electron chi connectivity index (χ3n) is 3.73. The molecule has 0 saturated heterocycles. The van der Waals surface area contributed by atoms with Gasteiger partial charge in [-0.1, -0.05) is 26.0 Å². The predicted molar refractivity (Wildman–Crippen MR) is 78.2 cm³/mol. The molecule has 3 heteroatoms. The average Bonchev–Trinajstić information content (AvgIpc) is 2.34. The Morgan fingerprint density at radius 2 is 2.06 bits per heavy atom.